The quantitative estimate of drug-likeness (QED) is 0.576. The number of aryl methyl sites for hydroxylation is 1. The Hall–Kier alpha value is -2.37. The minimum Gasteiger partial charge on any atom is -0.665 e. The summed E-state index contributed by atoms with van der Waals surface area (Å²) in [6.07, 6.45) is 10.2. The molecular weight excluding hydrogens is 345 g/mol. The molecule has 6 rings (SSSR count). The van der Waals surface area contributed by atoms with Crippen LogP contribution in [0.1, 0.15) is 47.6 Å². The minimum absolute atomic E-state index is 0. The van der Waals surface area contributed by atoms with Crippen LogP contribution in [0.25, 0.3) is 29.1 Å². The third-order valence-corrected chi connectivity index (χ3v) is 5.30. The van der Waals surface area contributed by atoms with Gasteiger partial charge in [0.05, 0.1) is 0 Å². The predicted molar refractivity (Wildman–Crippen MR) is 107 cm³/mol. The molecule has 0 spiro atoms. The maximum Gasteiger partial charge on any atom is 2.00 e. The van der Waals surface area contributed by atoms with Crippen molar-refractivity contribution in [2.24, 2.45) is 0 Å². The predicted octanol–water partition coefficient (Wildman–Crippen LogP) is 2.01. The third kappa shape index (κ3) is 2.91. The molecule has 5 heteroatoms. The second-order valence-corrected chi connectivity index (χ2v) is 7.11. The molecule has 8 bridgehead atoms. The summed E-state index contributed by atoms with van der Waals surface area (Å²) in [5.74, 6) is 0. The molecule has 3 aromatic heterocycles. The molecule has 0 unspecified atom stereocenters. The minimum atomic E-state index is 0. The molecule has 1 fully saturated rings. The van der Waals surface area contributed by atoms with Gasteiger partial charge in [0, 0.05) is 0 Å². The molecule has 0 atom stereocenters. The van der Waals surface area contributed by atoms with Gasteiger partial charge in [-0.25, -0.2) is 0 Å². The van der Waals surface area contributed by atoms with E-state index in [1.54, 1.807) is 0 Å². The van der Waals surface area contributed by atoms with E-state index in [9.17, 15) is 0 Å². The van der Waals surface area contributed by atoms with Crippen molar-refractivity contribution in [3.05, 3.63) is 86.1 Å². The van der Waals surface area contributed by atoms with Crippen LogP contribution in [-0.4, -0.2) is 23.1 Å². The van der Waals surface area contributed by atoms with Gasteiger partial charge in [0.2, 0.25) is 0 Å². The summed E-state index contributed by atoms with van der Waals surface area (Å²) in [7, 11) is 0. The van der Waals surface area contributed by atoms with Crippen molar-refractivity contribution >= 4 is 46.9 Å². The Morgan fingerprint density at radius 1 is 0.667 bits per heavy atom. The van der Waals surface area contributed by atoms with Crippen LogP contribution in [0.4, 0.5) is 0 Å². The van der Waals surface area contributed by atoms with Gasteiger partial charge in [-0.15, -0.1) is 33.5 Å². The van der Waals surface area contributed by atoms with Crippen molar-refractivity contribution in [2.45, 2.75) is 25.7 Å². The molecular formula is C22H16MgN4-2. The van der Waals surface area contributed by atoms with E-state index in [2.05, 4.69) is 35.3 Å². The van der Waals surface area contributed by atoms with Gasteiger partial charge in [0.15, 0.2) is 0 Å². The number of nitrogens with zero attached hydrogens (tertiary/aromatic N) is 4. The van der Waals surface area contributed by atoms with Gasteiger partial charge in [-0.3, -0.25) is 0 Å². The summed E-state index contributed by atoms with van der Waals surface area (Å²) >= 11 is 0. The first-order chi connectivity index (χ1) is 12.8. The molecule has 0 radical (unpaired) electrons. The molecule has 0 N–H and O–H groups in total. The number of aromatic nitrogens is 3. The Bertz CT molecular complexity index is 1220. The van der Waals surface area contributed by atoms with Crippen LogP contribution in [0.5, 0.6) is 0 Å². The second-order valence-electron chi connectivity index (χ2n) is 7.11. The average molecular weight is 361 g/mol. The fraction of sp³-hybridized carbons (Fsp3) is 0.182. The Balaban J connectivity index is 0.00000160. The van der Waals surface area contributed by atoms with Crippen LogP contribution in [0.2, 0.25) is 0 Å². The third-order valence-electron chi connectivity index (χ3n) is 5.30. The van der Waals surface area contributed by atoms with Crippen molar-refractivity contribution < 1.29 is 0 Å². The Morgan fingerprint density at radius 2 is 1.44 bits per heavy atom. The van der Waals surface area contributed by atoms with E-state index in [1.807, 2.05) is 18.2 Å². The van der Waals surface area contributed by atoms with Crippen LogP contribution >= 0.6 is 0 Å². The molecule has 27 heavy (non-hydrogen) atoms. The van der Waals surface area contributed by atoms with E-state index < -0.39 is 0 Å². The van der Waals surface area contributed by atoms with Gasteiger partial charge in [-0.2, -0.15) is 11.4 Å². The zero-order valence-corrected chi connectivity index (χ0v) is 16.4. The summed E-state index contributed by atoms with van der Waals surface area (Å²) in [5, 5.41) is 6.77. The van der Waals surface area contributed by atoms with E-state index in [4.69, 9.17) is 15.3 Å². The van der Waals surface area contributed by atoms with Crippen LogP contribution in [-0.2, 0) is 6.42 Å². The van der Waals surface area contributed by atoms with Crippen molar-refractivity contribution in [2.75, 3.05) is 0 Å². The van der Waals surface area contributed by atoms with Crippen molar-refractivity contribution in [1.82, 2.24) is 15.0 Å². The number of hydrogen-bond donors (Lipinski definition) is 0. The topological polar surface area (TPSA) is 56.4 Å². The number of rotatable bonds is 0. The zero-order valence-electron chi connectivity index (χ0n) is 14.9. The van der Waals surface area contributed by atoms with Gasteiger partial charge in [0.1, 0.15) is 0 Å². The molecule has 4 nitrogen and oxygen atoms in total. The summed E-state index contributed by atoms with van der Waals surface area (Å²) < 4.78 is 0. The largest absolute Gasteiger partial charge is 2.00 e. The molecule has 0 saturated carbocycles. The molecule has 3 aliphatic rings. The first-order valence-electron chi connectivity index (χ1n) is 9.08. The molecule has 0 aromatic carbocycles. The summed E-state index contributed by atoms with van der Waals surface area (Å²) in [5.41, 5.74) is 8.83. The SMILES string of the molecule is C1=C2/CC/C(=C/c3cc4c([n-]3)/C(=c3/cc/c([n-]3)=C/c3ccc/1[n-]3)CC4)[N-]2.[Mg+2]. The molecule has 2 aliphatic heterocycles. The first-order valence-corrected chi connectivity index (χ1v) is 9.08. The number of hydrogen-bond acceptors (Lipinski definition) is 0. The average Bonchev–Trinajstić information content (AvgIpc) is 3.38. The van der Waals surface area contributed by atoms with Gasteiger partial charge in [-0.1, -0.05) is 59.7 Å². The van der Waals surface area contributed by atoms with Crippen LogP contribution < -0.4 is 25.7 Å². The second kappa shape index (κ2) is 6.36. The van der Waals surface area contributed by atoms with E-state index >= 15 is 0 Å². The zero-order chi connectivity index (χ0) is 17.1. The summed E-state index contributed by atoms with van der Waals surface area (Å²) in [4.78, 5) is 14.4. The van der Waals surface area contributed by atoms with Gasteiger partial charge < -0.3 is 20.3 Å². The Labute approximate surface area is 173 Å². The first kappa shape index (κ1) is 16.8. The van der Waals surface area contributed by atoms with E-state index in [-0.39, 0.29) is 23.1 Å². The fourth-order valence-corrected chi connectivity index (χ4v) is 4.07. The molecule has 1 saturated heterocycles. The normalized spacial score (nSPS) is 24.1. The van der Waals surface area contributed by atoms with Gasteiger partial charge in [-0.05, 0) is 25.7 Å². The monoisotopic (exact) mass is 360 g/mol. The number of fused-ring (bicyclic) bond motifs is 7. The van der Waals surface area contributed by atoms with E-state index in [0.717, 1.165) is 70.6 Å². The Kier molecular flexibility index (Phi) is 3.95. The maximum atomic E-state index is 4.89. The van der Waals surface area contributed by atoms with Crippen molar-refractivity contribution in [1.29, 1.82) is 0 Å². The smallest absolute Gasteiger partial charge is 0.665 e. The van der Waals surface area contributed by atoms with Crippen LogP contribution in [0, 0.1) is 0 Å². The molecule has 128 valence electrons. The Morgan fingerprint density at radius 3 is 2.30 bits per heavy atom. The molecule has 3 aromatic rings. The fourth-order valence-electron chi connectivity index (χ4n) is 4.07. The van der Waals surface area contributed by atoms with E-state index in [1.165, 1.54) is 11.1 Å². The van der Waals surface area contributed by atoms with E-state index in [0.29, 0.717) is 0 Å². The summed E-state index contributed by atoms with van der Waals surface area (Å²) in [6.45, 7) is 0. The maximum absolute atomic E-state index is 4.89. The molecule has 5 heterocycles. The summed E-state index contributed by atoms with van der Waals surface area (Å²) in [6, 6.07) is 10.5. The van der Waals surface area contributed by atoms with Crippen LogP contribution in [0.3, 0.4) is 0 Å². The van der Waals surface area contributed by atoms with Crippen molar-refractivity contribution in [3.8, 4) is 0 Å². The van der Waals surface area contributed by atoms with Gasteiger partial charge >= 0.3 is 23.1 Å². The van der Waals surface area contributed by atoms with Crippen LogP contribution in [0.15, 0.2) is 41.7 Å². The molecule has 1 aliphatic carbocycles. The molecule has 0 amide bonds. The number of allylic oxidation sites excluding steroid dienone is 2. The standard InChI is InChI=1S/C22H16N4.Mg/c1-7-20-21-8-6-18(25-21)11-16-3-2-14(23-16)10-15-4-5-17(24-15)12-19-9-13(1)22(20)26-19;/h2-3,6,8-12H,1,4-5,7H2;/q-4;+2/b15-10-,17-12-,18-11-,21-20-;. The van der Waals surface area contributed by atoms with Gasteiger partial charge in [0.25, 0.3) is 0 Å². The van der Waals surface area contributed by atoms with Crippen molar-refractivity contribution in [3.63, 3.8) is 0 Å².